The predicted molar refractivity (Wildman–Crippen MR) is 64.7 cm³/mol. The number of anilines is 1. The zero-order valence-corrected chi connectivity index (χ0v) is 10.2. The molecule has 0 aliphatic carbocycles. The van der Waals surface area contributed by atoms with Crippen molar-refractivity contribution in [3.63, 3.8) is 0 Å². The van der Waals surface area contributed by atoms with E-state index in [2.05, 4.69) is 0 Å². The topological polar surface area (TPSA) is 32.7 Å². The van der Waals surface area contributed by atoms with E-state index in [9.17, 15) is 9.50 Å². The fourth-order valence-electron chi connectivity index (χ4n) is 2.27. The Bertz CT molecular complexity index is 389. The van der Waals surface area contributed by atoms with Crippen molar-refractivity contribution >= 4 is 5.69 Å². The fraction of sp³-hybridized carbons (Fsp3) is 0.538. The van der Waals surface area contributed by atoms with E-state index >= 15 is 0 Å². The molecule has 3 nitrogen and oxygen atoms in total. The van der Waals surface area contributed by atoms with Gasteiger partial charge in [0.25, 0.3) is 0 Å². The molecule has 0 bridgehead atoms. The third-order valence-electron chi connectivity index (χ3n) is 3.28. The number of ether oxygens (including phenoxy) is 1. The predicted octanol–water partition coefficient (Wildman–Crippen LogP) is 2.10. The Kier molecular flexibility index (Phi) is 3.64. The molecular formula is C13H18FNO2. The average molecular weight is 239 g/mol. The maximum atomic E-state index is 13.7. The number of rotatable bonds is 3. The molecule has 2 unspecified atom stereocenters. The fourth-order valence-corrected chi connectivity index (χ4v) is 2.27. The second kappa shape index (κ2) is 5.02. The van der Waals surface area contributed by atoms with Gasteiger partial charge < -0.3 is 14.7 Å². The normalized spacial score (nSPS) is 21.5. The van der Waals surface area contributed by atoms with Gasteiger partial charge in [0.15, 0.2) is 0 Å². The van der Waals surface area contributed by atoms with Gasteiger partial charge in [0.2, 0.25) is 0 Å². The number of halogens is 1. The third kappa shape index (κ3) is 2.42. The molecule has 0 aromatic heterocycles. The van der Waals surface area contributed by atoms with Crippen molar-refractivity contribution in [2.75, 3.05) is 25.2 Å². The van der Waals surface area contributed by atoms with Crippen LogP contribution >= 0.6 is 0 Å². The summed E-state index contributed by atoms with van der Waals surface area (Å²) < 4.78 is 19.1. The summed E-state index contributed by atoms with van der Waals surface area (Å²) in [6, 6.07) is 5.14. The largest absolute Gasteiger partial charge is 0.389 e. The van der Waals surface area contributed by atoms with E-state index in [1.165, 1.54) is 6.07 Å². The van der Waals surface area contributed by atoms with Crippen LogP contribution in [0.5, 0.6) is 0 Å². The molecule has 1 aromatic carbocycles. The summed E-state index contributed by atoms with van der Waals surface area (Å²) in [7, 11) is 1.92. The van der Waals surface area contributed by atoms with Gasteiger partial charge in [-0.25, -0.2) is 4.39 Å². The molecule has 2 rings (SSSR count). The van der Waals surface area contributed by atoms with E-state index in [0.717, 1.165) is 18.7 Å². The van der Waals surface area contributed by atoms with Crippen LogP contribution in [0.25, 0.3) is 0 Å². The van der Waals surface area contributed by atoms with Crippen LogP contribution in [0.2, 0.25) is 0 Å². The first kappa shape index (κ1) is 12.3. The smallest absolute Gasteiger partial charge is 0.131 e. The molecule has 1 fully saturated rings. The van der Waals surface area contributed by atoms with Crippen LogP contribution in [0, 0.1) is 5.82 Å². The van der Waals surface area contributed by atoms with Gasteiger partial charge in [0.1, 0.15) is 5.82 Å². The van der Waals surface area contributed by atoms with Crippen LogP contribution in [-0.2, 0) is 4.74 Å². The minimum atomic E-state index is -0.809. The lowest BCUT2D eigenvalue weighted by atomic mass is 10.1. The Balaban J connectivity index is 2.33. The van der Waals surface area contributed by atoms with Crippen molar-refractivity contribution in [3.05, 3.63) is 29.6 Å². The van der Waals surface area contributed by atoms with Crippen LogP contribution < -0.4 is 4.90 Å². The van der Waals surface area contributed by atoms with Crippen LogP contribution in [0.1, 0.15) is 25.0 Å². The SMILES string of the molecule is CC(O)c1c(F)cccc1N(C)C1CCOC1. The minimum absolute atomic E-state index is 0.259. The number of likely N-dealkylation sites (N-methyl/N-ethyl adjacent to an activating group) is 1. The lowest BCUT2D eigenvalue weighted by Gasteiger charge is -2.28. The highest BCUT2D eigenvalue weighted by Crippen LogP contribution is 2.30. The molecule has 1 N–H and O–H groups in total. The summed E-state index contributed by atoms with van der Waals surface area (Å²) in [5.41, 5.74) is 1.11. The highest BCUT2D eigenvalue weighted by Gasteiger charge is 2.24. The van der Waals surface area contributed by atoms with Crippen molar-refractivity contribution in [1.82, 2.24) is 0 Å². The van der Waals surface area contributed by atoms with Crippen LogP contribution in [0.3, 0.4) is 0 Å². The maximum Gasteiger partial charge on any atom is 0.131 e. The summed E-state index contributed by atoms with van der Waals surface area (Å²) in [4.78, 5) is 2.00. The lowest BCUT2D eigenvalue weighted by Crippen LogP contribution is -2.32. The second-order valence-electron chi connectivity index (χ2n) is 4.48. The monoisotopic (exact) mass is 239 g/mol. The molecule has 0 amide bonds. The standard InChI is InChI=1S/C13H18FNO2/c1-9(16)13-11(14)4-3-5-12(13)15(2)10-6-7-17-8-10/h3-5,9-10,16H,6-8H2,1-2H3. The molecule has 2 atom stereocenters. The molecule has 4 heteroatoms. The Labute approximate surface area is 101 Å². The van der Waals surface area contributed by atoms with E-state index in [0.29, 0.717) is 12.2 Å². The molecule has 0 radical (unpaired) electrons. The highest BCUT2D eigenvalue weighted by atomic mass is 19.1. The van der Waals surface area contributed by atoms with Gasteiger partial charge in [-0.15, -0.1) is 0 Å². The van der Waals surface area contributed by atoms with E-state index in [1.807, 2.05) is 18.0 Å². The van der Waals surface area contributed by atoms with E-state index in [1.54, 1.807) is 13.0 Å². The average Bonchev–Trinajstić information content (AvgIpc) is 2.80. The van der Waals surface area contributed by atoms with E-state index in [4.69, 9.17) is 4.74 Å². The minimum Gasteiger partial charge on any atom is -0.389 e. The molecule has 1 saturated heterocycles. The Morgan fingerprint density at radius 3 is 2.88 bits per heavy atom. The third-order valence-corrected chi connectivity index (χ3v) is 3.28. The first-order valence-electron chi connectivity index (χ1n) is 5.88. The molecule has 0 saturated carbocycles. The van der Waals surface area contributed by atoms with Crippen LogP contribution in [-0.4, -0.2) is 31.4 Å². The van der Waals surface area contributed by atoms with Crippen LogP contribution in [0.15, 0.2) is 18.2 Å². The van der Waals surface area contributed by atoms with Crippen molar-refractivity contribution < 1.29 is 14.2 Å². The number of hydrogen-bond acceptors (Lipinski definition) is 3. The molecule has 1 aliphatic heterocycles. The van der Waals surface area contributed by atoms with Gasteiger partial charge in [0.05, 0.1) is 18.8 Å². The van der Waals surface area contributed by atoms with Crippen LogP contribution in [0.4, 0.5) is 10.1 Å². The Morgan fingerprint density at radius 2 is 2.29 bits per heavy atom. The van der Waals surface area contributed by atoms with Gasteiger partial charge in [-0.2, -0.15) is 0 Å². The molecular weight excluding hydrogens is 221 g/mol. The van der Waals surface area contributed by atoms with Gasteiger partial charge in [-0.3, -0.25) is 0 Å². The number of hydrogen-bond donors (Lipinski definition) is 1. The van der Waals surface area contributed by atoms with Gasteiger partial charge in [0, 0.05) is 24.9 Å². The first-order valence-corrected chi connectivity index (χ1v) is 5.88. The highest BCUT2D eigenvalue weighted by molar-refractivity contribution is 5.55. The molecule has 17 heavy (non-hydrogen) atoms. The van der Waals surface area contributed by atoms with Crippen molar-refractivity contribution in [1.29, 1.82) is 0 Å². The van der Waals surface area contributed by atoms with Gasteiger partial charge >= 0.3 is 0 Å². The number of benzene rings is 1. The summed E-state index contributed by atoms with van der Waals surface area (Å²) in [6.45, 7) is 2.99. The molecule has 1 aliphatic rings. The quantitative estimate of drug-likeness (QED) is 0.876. The lowest BCUT2D eigenvalue weighted by molar-refractivity contribution is 0.191. The van der Waals surface area contributed by atoms with Crippen molar-refractivity contribution in [2.45, 2.75) is 25.5 Å². The first-order chi connectivity index (χ1) is 8.11. The summed E-state index contributed by atoms with van der Waals surface area (Å²) in [5, 5.41) is 9.68. The molecule has 94 valence electrons. The summed E-state index contributed by atoms with van der Waals surface area (Å²) in [5.74, 6) is -0.358. The zero-order chi connectivity index (χ0) is 12.4. The second-order valence-corrected chi connectivity index (χ2v) is 4.48. The van der Waals surface area contributed by atoms with Crippen molar-refractivity contribution in [3.8, 4) is 0 Å². The Hall–Kier alpha value is -1.13. The maximum absolute atomic E-state index is 13.7. The summed E-state index contributed by atoms with van der Waals surface area (Å²) in [6.07, 6.45) is 0.127. The van der Waals surface area contributed by atoms with Crippen molar-refractivity contribution in [2.24, 2.45) is 0 Å². The van der Waals surface area contributed by atoms with Gasteiger partial charge in [-0.1, -0.05) is 6.07 Å². The molecule has 0 spiro atoms. The number of nitrogens with zero attached hydrogens (tertiary/aromatic N) is 1. The van der Waals surface area contributed by atoms with Gasteiger partial charge in [-0.05, 0) is 25.5 Å². The summed E-state index contributed by atoms with van der Waals surface area (Å²) >= 11 is 0. The number of aliphatic hydroxyl groups excluding tert-OH is 1. The van der Waals surface area contributed by atoms with E-state index in [-0.39, 0.29) is 11.9 Å². The van der Waals surface area contributed by atoms with E-state index < -0.39 is 6.10 Å². The zero-order valence-electron chi connectivity index (χ0n) is 10.2. The Morgan fingerprint density at radius 1 is 1.53 bits per heavy atom. The molecule has 1 aromatic rings. The molecule has 1 heterocycles. The number of aliphatic hydroxyl groups is 1.